The van der Waals surface area contributed by atoms with Crippen molar-refractivity contribution in [3.8, 4) is 0 Å². The van der Waals surface area contributed by atoms with Gasteiger partial charge in [-0.15, -0.1) is 0 Å². The first-order chi connectivity index (χ1) is 7.38. The molecule has 0 fully saturated rings. The quantitative estimate of drug-likeness (QED) is 0.646. The van der Waals surface area contributed by atoms with Gasteiger partial charge in [0, 0.05) is 0 Å². The van der Waals surface area contributed by atoms with Crippen LogP contribution in [0.5, 0.6) is 0 Å². The number of Topliss-reactive ketones (excluding diaryl/α,β-unsaturated/α-hetero) is 1. The van der Waals surface area contributed by atoms with Gasteiger partial charge in [0.15, 0.2) is 5.78 Å². The van der Waals surface area contributed by atoms with E-state index in [9.17, 15) is 9.36 Å². The molecule has 0 saturated heterocycles. The predicted octanol–water partition coefficient (Wildman–Crippen LogP) is 0.303. The van der Waals surface area contributed by atoms with Gasteiger partial charge in [0.25, 0.3) is 0 Å². The summed E-state index contributed by atoms with van der Waals surface area (Å²) >= 11 is 0. The van der Waals surface area contributed by atoms with Crippen LogP contribution in [0.4, 0.5) is 0 Å². The van der Waals surface area contributed by atoms with E-state index in [1.165, 1.54) is 0 Å². The van der Waals surface area contributed by atoms with Crippen LogP contribution in [0.3, 0.4) is 0 Å². The molecule has 0 unspecified atom stereocenters. The summed E-state index contributed by atoms with van der Waals surface area (Å²) in [5, 5.41) is 0. The van der Waals surface area contributed by atoms with Crippen LogP contribution in [-0.4, -0.2) is 27.8 Å². The van der Waals surface area contributed by atoms with Crippen molar-refractivity contribution in [2.75, 3.05) is 6.16 Å². The minimum Gasteiger partial charge on any atom is -0.324 e. The van der Waals surface area contributed by atoms with Crippen molar-refractivity contribution in [2.24, 2.45) is 5.73 Å². The molecule has 88 valence electrons. The standard InChI is InChI=1S/C10H14NO4P/c11-9(10(12)7-16(13,14)15)6-8-4-2-1-3-5-8/h1-5,9H,6-7,11H2,(H2,13,14,15)/t9-/m0/s1. The topological polar surface area (TPSA) is 101 Å². The van der Waals surface area contributed by atoms with Crippen LogP contribution in [0, 0.1) is 0 Å². The molecule has 16 heavy (non-hydrogen) atoms. The Labute approximate surface area is 93.4 Å². The first kappa shape index (κ1) is 13.1. The molecule has 0 saturated carbocycles. The summed E-state index contributed by atoms with van der Waals surface area (Å²) < 4.78 is 10.6. The zero-order valence-corrected chi connectivity index (χ0v) is 9.51. The van der Waals surface area contributed by atoms with E-state index in [4.69, 9.17) is 15.5 Å². The molecule has 1 aromatic carbocycles. The summed E-state index contributed by atoms with van der Waals surface area (Å²) in [5.41, 5.74) is 6.43. The number of nitrogens with two attached hydrogens (primary N) is 1. The third-order valence-electron chi connectivity index (χ3n) is 2.07. The van der Waals surface area contributed by atoms with Crippen molar-refractivity contribution >= 4 is 13.4 Å². The summed E-state index contributed by atoms with van der Waals surface area (Å²) in [5.74, 6) is -0.614. The third-order valence-corrected chi connectivity index (χ3v) is 2.80. The fourth-order valence-electron chi connectivity index (χ4n) is 1.30. The maximum absolute atomic E-state index is 11.3. The number of benzene rings is 1. The molecular weight excluding hydrogens is 229 g/mol. The molecule has 1 rings (SSSR count). The molecule has 0 aliphatic heterocycles. The van der Waals surface area contributed by atoms with Gasteiger partial charge in [-0.1, -0.05) is 30.3 Å². The lowest BCUT2D eigenvalue weighted by Gasteiger charge is -2.11. The maximum Gasteiger partial charge on any atom is 0.332 e. The first-order valence-electron chi connectivity index (χ1n) is 4.75. The Hall–Kier alpha value is -1.00. The Kier molecular flexibility index (Phi) is 4.38. The third kappa shape index (κ3) is 4.68. The van der Waals surface area contributed by atoms with E-state index in [-0.39, 0.29) is 0 Å². The highest BCUT2D eigenvalue weighted by atomic mass is 31.2. The lowest BCUT2D eigenvalue weighted by molar-refractivity contribution is -0.118. The maximum atomic E-state index is 11.3. The molecule has 0 aliphatic rings. The minimum atomic E-state index is -4.31. The second-order valence-electron chi connectivity index (χ2n) is 3.59. The smallest absolute Gasteiger partial charge is 0.324 e. The van der Waals surface area contributed by atoms with Crippen molar-refractivity contribution < 1.29 is 19.1 Å². The summed E-state index contributed by atoms with van der Waals surface area (Å²) in [6.45, 7) is 0. The largest absolute Gasteiger partial charge is 0.332 e. The van der Waals surface area contributed by atoms with Crippen LogP contribution >= 0.6 is 7.60 Å². The Bertz CT molecular complexity index is 401. The van der Waals surface area contributed by atoms with E-state index in [1.54, 1.807) is 0 Å². The molecule has 0 heterocycles. The Balaban J connectivity index is 2.56. The van der Waals surface area contributed by atoms with Crippen molar-refractivity contribution in [1.82, 2.24) is 0 Å². The Morgan fingerprint density at radius 3 is 2.38 bits per heavy atom. The van der Waals surface area contributed by atoms with Crippen LogP contribution < -0.4 is 5.73 Å². The number of carbonyl (C=O) groups is 1. The highest BCUT2D eigenvalue weighted by Gasteiger charge is 2.23. The van der Waals surface area contributed by atoms with Crippen LogP contribution in [0.2, 0.25) is 0 Å². The zero-order chi connectivity index (χ0) is 12.2. The summed E-state index contributed by atoms with van der Waals surface area (Å²) in [6.07, 6.45) is -0.499. The molecule has 1 aromatic rings. The van der Waals surface area contributed by atoms with Crippen LogP contribution in [0.1, 0.15) is 5.56 Å². The lowest BCUT2D eigenvalue weighted by Crippen LogP contribution is -2.34. The van der Waals surface area contributed by atoms with Crippen LogP contribution in [0.25, 0.3) is 0 Å². The molecule has 0 aliphatic carbocycles. The summed E-state index contributed by atoms with van der Waals surface area (Å²) in [6, 6.07) is 8.22. The van der Waals surface area contributed by atoms with Gasteiger partial charge in [0.2, 0.25) is 0 Å². The Morgan fingerprint density at radius 1 is 1.31 bits per heavy atom. The Morgan fingerprint density at radius 2 is 1.88 bits per heavy atom. The average molecular weight is 243 g/mol. The van der Waals surface area contributed by atoms with Crippen molar-refractivity contribution in [3.63, 3.8) is 0 Å². The van der Waals surface area contributed by atoms with Crippen molar-refractivity contribution in [2.45, 2.75) is 12.5 Å². The van der Waals surface area contributed by atoms with Gasteiger partial charge in [0.05, 0.1) is 6.04 Å². The molecule has 0 radical (unpaired) electrons. The number of carbonyl (C=O) groups excluding carboxylic acids is 1. The molecule has 4 N–H and O–H groups in total. The van der Waals surface area contributed by atoms with Gasteiger partial charge in [-0.25, -0.2) is 0 Å². The fraction of sp³-hybridized carbons (Fsp3) is 0.300. The van der Waals surface area contributed by atoms with Gasteiger partial charge < -0.3 is 15.5 Å². The van der Waals surface area contributed by atoms with Gasteiger partial charge in [-0.05, 0) is 12.0 Å². The van der Waals surface area contributed by atoms with Crippen LogP contribution in [-0.2, 0) is 15.8 Å². The van der Waals surface area contributed by atoms with Gasteiger partial charge in [0.1, 0.15) is 6.16 Å². The highest BCUT2D eigenvalue weighted by Crippen LogP contribution is 2.34. The molecule has 5 nitrogen and oxygen atoms in total. The SMILES string of the molecule is N[C@@H](Cc1ccccc1)C(=O)CP(=O)(O)O. The molecule has 0 aromatic heterocycles. The van der Waals surface area contributed by atoms with E-state index in [2.05, 4.69) is 0 Å². The molecular formula is C10H14NO4P. The predicted molar refractivity (Wildman–Crippen MR) is 60.0 cm³/mol. The monoisotopic (exact) mass is 243 g/mol. The molecule has 0 bridgehead atoms. The minimum absolute atomic E-state index is 0.291. The molecule has 1 atom stereocenters. The van der Waals surface area contributed by atoms with Crippen molar-refractivity contribution in [1.29, 1.82) is 0 Å². The summed E-state index contributed by atoms with van der Waals surface area (Å²) in [7, 11) is -4.31. The lowest BCUT2D eigenvalue weighted by atomic mass is 10.0. The van der Waals surface area contributed by atoms with E-state index >= 15 is 0 Å². The van der Waals surface area contributed by atoms with Gasteiger partial charge in [-0.2, -0.15) is 0 Å². The molecule has 6 heteroatoms. The first-order valence-corrected chi connectivity index (χ1v) is 6.55. The second kappa shape index (κ2) is 5.37. The van der Waals surface area contributed by atoms with Gasteiger partial charge in [-0.3, -0.25) is 9.36 Å². The number of hydrogen-bond acceptors (Lipinski definition) is 3. The van der Waals surface area contributed by atoms with E-state index in [1.807, 2.05) is 30.3 Å². The molecule has 0 amide bonds. The number of rotatable bonds is 5. The summed E-state index contributed by atoms with van der Waals surface area (Å²) in [4.78, 5) is 28.6. The van der Waals surface area contributed by atoms with E-state index in [0.717, 1.165) is 5.56 Å². The van der Waals surface area contributed by atoms with Gasteiger partial charge >= 0.3 is 7.60 Å². The normalized spacial score (nSPS) is 13.4. The number of hydrogen-bond donors (Lipinski definition) is 3. The fourth-order valence-corrected chi connectivity index (χ4v) is 1.94. The van der Waals surface area contributed by atoms with Crippen LogP contribution in [0.15, 0.2) is 30.3 Å². The highest BCUT2D eigenvalue weighted by molar-refractivity contribution is 7.52. The average Bonchev–Trinajstić information content (AvgIpc) is 2.16. The second-order valence-corrected chi connectivity index (χ2v) is 5.23. The van der Waals surface area contributed by atoms with E-state index < -0.39 is 25.6 Å². The van der Waals surface area contributed by atoms with E-state index in [0.29, 0.717) is 6.42 Å². The van der Waals surface area contributed by atoms with Crippen molar-refractivity contribution in [3.05, 3.63) is 35.9 Å². The zero-order valence-electron chi connectivity index (χ0n) is 8.61. The molecule has 0 spiro atoms. The number of ketones is 1.